The average Bonchev–Trinajstić information content (AvgIpc) is 2.60. The van der Waals surface area contributed by atoms with Crippen LogP contribution in [-0.4, -0.2) is 22.6 Å². The number of aromatic nitrogens is 2. The fourth-order valence-corrected chi connectivity index (χ4v) is 1.68. The lowest BCUT2D eigenvalue weighted by atomic mass is 10.1. The minimum Gasteiger partial charge on any atom is -0.369 e. The van der Waals surface area contributed by atoms with Gasteiger partial charge in [0.05, 0.1) is 13.1 Å². The Morgan fingerprint density at radius 3 is 2.94 bits per heavy atom. The van der Waals surface area contributed by atoms with Gasteiger partial charge in [0, 0.05) is 5.92 Å². The van der Waals surface area contributed by atoms with E-state index in [2.05, 4.69) is 29.3 Å². The summed E-state index contributed by atoms with van der Waals surface area (Å²) in [5.74, 6) is 1.27. The van der Waals surface area contributed by atoms with Gasteiger partial charge in [-0.25, -0.2) is 0 Å². The van der Waals surface area contributed by atoms with E-state index in [0.717, 1.165) is 12.2 Å². The Hall–Kier alpha value is -1.43. The van der Waals surface area contributed by atoms with Crippen LogP contribution >= 0.6 is 0 Å². The van der Waals surface area contributed by atoms with Gasteiger partial charge in [-0.1, -0.05) is 19.0 Å². The molecule has 0 aliphatic heterocycles. The molecule has 0 radical (unpaired) electrons. The Bertz CT molecular complexity index is 399. The highest BCUT2D eigenvalue weighted by Crippen LogP contribution is 2.57. The molecule has 1 aromatic rings. The molecule has 1 amide bonds. The van der Waals surface area contributed by atoms with Crippen molar-refractivity contribution in [3.8, 4) is 0 Å². The minimum atomic E-state index is -0.400. The Morgan fingerprint density at radius 2 is 2.38 bits per heavy atom. The Balaban J connectivity index is 1.86. The Labute approximate surface area is 93.6 Å². The summed E-state index contributed by atoms with van der Waals surface area (Å²) < 4.78 is 5.07. The highest BCUT2D eigenvalue weighted by Gasteiger charge is 2.49. The van der Waals surface area contributed by atoms with Crippen molar-refractivity contribution in [1.82, 2.24) is 15.5 Å². The first-order valence-electron chi connectivity index (χ1n) is 5.30. The van der Waals surface area contributed by atoms with Crippen LogP contribution in [0.3, 0.4) is 0 Å². The molecule has 0 spiro atoms. The lowest BCUT2D eigenvalue weighted by molar-refractivity contribution is -0.117. The lowest BCUT2D eigenvalue weighted by Gasteiger charge is -1.96. The van der Waals surface area contributed by atoms with Crippen molar-refractivity contribution in [3.63, 3.8) is 0 Å². The highest BCUT2D eigenvalue weighted by molar-refractivity contribution is 5.75. The molecule has 1 saturated carbocycles. The van der Waals surface area contributed by atoms with Gasteiger partial charge in [0.15, 0.2) is 5.82 Å². The molecule has 16 heavy (non-hydrogen) atoms. The molecule has 1 unspecified atom stereocenters. The van der Waals surface area contributed by atoms with Gasteiger partial charge < -0.3 is 10.3 Å². The quantitative estimate of drug-likeness (QED) is 0.742. The maximum atomic E-state index is 10.5. The van der Waals surface area contributed by atoms with Crippen LogP contribution in [0.2, 0.25) is 0 Å². The molecular weight excluding hydrogens is 208 g/mol. The van der Waals surface area contributed by atoms with Gasteiger partial charge in [-0.3, -0.25) is 10.1 Å². The van der Waals surface area contributed by atoms with E-state index < -0.39 is 5.91 Å². The molecule has 1 aliphatic carbocycles. The topological polar surface area (TPSA) is 94.0 Å². The average molecular weight is 224 g/mol. The first-order valence-corrected chi connectivity index (χ1v) is 5.30. The van der Waals surface area contributed by atoms with Gasteiger partial charge in [0.1, 0.15) is 0 Å². The van der Waals surface area contributed by atoms with Gasteiger partial charge in [0.2, 0.25) is 11.8 Å². The van der Waals surface area contributed by atoms with E-state index in [9.17, 15) is 4.79 Å². The number of rotatable bonds is 5. The molecule has 3 N–H and O–H groups in total. The molecule has 2 rings (SSSR count). The molecule has 1 atom stereocenters. The molecule has 0 bridgehead atoms. The molecule has 1 aromatic heterocycles. The Kier molecular flexibility index (Phi) is 2.67. The second kappa shape index (κ2) is 3.86. The highest BCUT2D eigenvalue weighted by atomic mass is 16.5. The van der Waals surface area contributed by atoms with Crippen molar-refractivity contribution >= 4 is 5.91 Å². The predicted molar refractivity (Wildman–Crippen MR) is 56.3 cm³/mol. The van der Waals surface area contributed by atoms with Crippen LogP contribution in [-0.2, 0) is 11.3 Å². The third-order valence-electron chi connectivity index (χ3n) is 2.88. The summed E-state index contributed by atoms with van der Waals surface area (Å²) in [5, 5.41) is 6.75. The maximum Gasteiger partial charge on any atom is 0.240 e. The van der Waals surface area contributed by atoms with E-state index in [1.165, 1.54) is 0 Å². The second-order valence-electron chi connectivity index (χ2n) is 4.86. The summed E-state index contributed by atoms with van der Waals surface area (Å²) in [4.78, 5) is 14.8. The summed E-state index contributed by atoms with van der Waals surface area (Å²) >= 11 is 0. The van der Waals surface area contributed by atoms with Crippen molar-refractivity contribution < 1.29 is 9.32 Å². The van der Waals surface area contributed by atoms with Gasteiger partial charge >= 0.3 is 0 Å². The largest absolute Gasteiger partial charge is 0.369 e. The van der Waals surface area contributed by atoms with Crippen LogP contribution in [0.5, 0.6) is 0 Å². The first kappa shape index (κ1) is 11.1. The summed E-state index contributed by atoms with van der Waals surface area (Å²) in [5.41, 5.74) is 5.28. The molecule has 0 aromatic carbocycles. The normalized spacial score (nSPS) is 22.0. The van der Waals surface area contributed by atoms with Gasteiger partial charge in [-0.05, 0) is 11.8 Å². The first-order chi connectivity index (χ1) is 7.49. The third-order valence-corrected chi connectivity index (χ3v) is 2.88. The fourth-order valence-electron chi connectivity index (χ4n) is 1.68. The molecule has 1 fully saturated rings. The SMILES string of the molecule is CC1(C)CC1c1noc(CNCC(N)=O)n1. The summed E-state index contributed by atoms with van der Waals surface area (Å²) in [7, 11) is 0. The number of nitrogens with two attached hydrogens (primary N) is 1. The zero-order valence-electron chi connectivity index (χ0n) is 9.49. The fraction of sp³-hybridized carbons (Fsp3) is 0.700. The molecule has 1 aliphatic rings. The van der Waals surface area contributed by atoms with E-state index >= 15 is 0 Å². The molecule has 6 heteroatoms. The van der Waals surface area contributed by atoms with Crippen LogP contribution in [0, 0.1) is 5.41 Å². The summed E-state index contributed by atoms with van der Waals surface area (Å²) in [6, 6.07) is 0. The van der Waals surface area contributed by atoms with Gasteiger partial charge in [-0.15, -0.1) is 0 Å². The van der Waals surface area contributed by atoms with E-state index in [1.807, 2.05) is 0 Å². The number of hydrogen-bond donors (Lipinski definition) is 2. The monoisotopic (exact) mass is 224 g/mol. The van der Waals surface area contributed by atoms with Crippen LogP contribution in [0.15, 0.2) is 4.52 Å². The zero-order valence-corrected chi connectivity index (χ0v) is 9.49. The number of nitrogens with zero attached hydrogens (tertiary/aromatic N) is 2. The van der Waals surface area contributed by atoms with Crippen molar-refractivity contribution in [1.29, 1.82) is 0 Å². The van der Waals surface area contributed by atoms with E-state index in [-0.39, 0.29) is 6.54 Å². The van der Waals surface area contributed by atoms with Crippen molar-refractivity contribution in [3.05, 3.63) is 11.7 Å². The van der Waals surface area contributed by atoms with Crippen LogP contribution in [0.4, 0.5) is 0 Å². The number of primary amides is 1. The van der Waals surface area contributed by atoms with Crippen LogP contribution < -0.4 is 11.1 Å². The smallest absolute Gasteiger partial charge is 0.240 e. The number of amides is 1. The predicted octanol–water partition coefficient (Wildman–Crippen LogP) is 0.158. The standard InChI is InChI=1S/C10H16N4O2/c1-10(2)3-6(10)9-13-8(16-14-9)5-12-4-7(11)15/h6,12H,3-5H2,1-2H3,(H2,11,15). The molecular formula is C10H16N4O2. The number of hydrogen-bond acceptors (Lipinski definition) is 5. The van der Waals surface area contributed by atoms with Gasteiger partial charge in [-0.2, -0.15) is 4.98 Å². The van der Waals surface area contributed by atoms with E-state index in [0.29, 0.717) is 23.8 Å². The molecule has 88 valence electrons. The van der Waals surface area contributed by atoms with E-state index in [1.54, 1.807) is 0 Å². The number of nitrogens with one attached hydrogen (secondary N) is 1. The van der Waals surface area contributed by atoms with Crippen molar-refractivity contribution in [2.45, 2.75) is 32.7 Å². The number of carbonyl (C=O) groups is 1. The second-order valence-corrected chi connectivity index (χ2v) is 4.86. The van der Waals surface area contributed by atoms with E-state index in [4.69, 9.17) is 10.3 Å². The Morgan fingerprint density at radius 1 is 1.69 bits per heavy atom. The summed E-state index contributed by atoms with van der Waals surface area (Å²) in [6.45, 7) is 4.85. The summed E-state index contributed by atoms with van der Waals surface area (Å²) in [6.07, 6.45) is 1.10. The van der Waals surface area contributed by atoms with Gasteiger partial charge in [0.25, 0.3) is 0 Å². The zero-order chi connectivity index (χ0) is 11.8. The maximum absolute atomic E-state index is 10.5. The molecule has 6 nitrogen and oxygen atoms in total. The minimum absolute atomic E-state index is 0.118. The van der Waals surface area contributed by atoms with Crippen LogP contribution in [0.25, 0.3) is 0 Å². The molecule has 1 heterocycles. The number of carbonyl (C=O) groups excluding carboxylic acids is 1. The lowest BCUT2D eigenvalue weighted by Crippen LogP contribution is -2.28. The van der Waals surface area contributed by atoms with Crippen LogP contribution in [0.1, 0.15) is 37.9 Å². The van der Waals surface area contributed by atoms with Crippen molar-refractivity contribution in [2.75, 3.05) is 6.54 Å². The molecule has 0 saturated heterocycles. The van der Waals surface area contributed by atoms with Crippen molar-refractivity contribution in [2.24, 2.45) is 11.1 Å². The third kappa shape index (κ3) is 2.38.